The number of carboxylic acids is 1. The third-order valence-electron chi connectivity index (χ3n) is 3.19. The minimum atomic E-state index is -4.32. The van der Waals surface area contributed by atoms with Crippen LogP contribution < -0.4 is 0 Å². The summed E-state index contributed by atoms with van der Waals surface area (Å²) < 4.78 is 40.2. The molecule has 0 radical (unpaired) electrons. The molecule has 1 aromatic heterocycles. The van der Waals surface area contributed by atoms with Crippen LogP contribution in [0.1, 0.15) is 23.6 Å². The van der Waals surface area contributed by atoms with Crippen molar-refractivity contribution >= 4 is 5.97 Å². The van der Waals surface area contributed by atoms with E-state index in [4.69, 9.17) is 5.11 Å². The fourth-order valence-electron chi connectivity index (χ4n) is 2.23. The first-order valence-electron chi connectivity index (χ1n) is 6.29. The molecule has 20 heavy (non-hydrogen) atoms. The quantitative estimate of drug-likeness (QED) is 0.810. The van der Waals surface area contributed by atoms with E-state index in [-0.39, 0.29) is 13.0 Å². The number of alkyl halides is 3. The van der Waals surface area contributed by atoms with Crippen molar-refractivity contribution in [3.63, 3.8) is 0 Å². The second-order valence-electron chi connectivity index (χ2n) is 4.80. The number of fused-ring (bicyclic) bond motifs is 1. The molecule has 1 unspecified atom stereocenters. The van der Waals surface area contributed by atoms with Crippen LogP contribution in [0.4, 0.5) is 13.2 Å². The number of hydrogen-bond donors (Lipinski definition) is 2. The summed E-state index contributed by atoms with van der Waals surface area (Å²) in [7, 11) is 0. The molecule has 1 aliphatic rings. The number of aryl methyl sites for hydroxylation is 1. The summed E-state index contributed by atoms with van der Waals surface area (Å²) in [5.41, 5.74) is 1.59. The summed E-state index contributed by atoms with van der Waals surface area (Å²) in [5.74, 6) is -0.708. The van der Waals surface area contributed by atoms with Crippen molar-refractivity contribution in [3.8, 4) is 0 Å². The summed E-state index contributed by atoms with van der Waals surface area (Å²) in [6.45, 7) is -1.34. The van der Waals surface area contributed by atoms with Crippen LogP contribution in [0.5, 0.6) is 0 Å². The fourth-order valence-corrected chi connectivity index (χ4v) is 2.23. The van der Waals surface area contributed by atoms with E-state index in [1.165, 1.54) is 0 Å². The maximum Gasteiger partial charge on any atom is 0.411 e. The van der Waals surface area contributed by atoms with Crippen LogP contribution in [-0.2, 0) is 28.8 Å². The number of nitrogens with one attached hydrogen (secondary N) is 1. The van der Waals surface area contributed by atoms with Gasteiger partial charge in [0.25, 0.3) is 0 Å². The molecule has 0 amide bonds. The second kappa shape index (κ2) is 5.82. The molecular formula is C12H15F3N2O3. The van der Waals surface area contributed by atoms with Gasteiger partial charge >= 0.3 is 12.1 Å². The van der Waals surface area contributed by atoms with Gasteiger partial charge in [0.15, 0.2) is 0 Å². The molecule has 0 bridgehead atoms. The van der Waals surface area contributed by atoms with E-state index >= 15 is 0 Å². The normalized spacial score (nSPS) is 18.9. The van der Waals surface area contributed by atoms with Gasteiger partial charge in [0, 0.05) is 18.5 Å². The molecule has 8 heteroatoms. The molecule has 1 aromatic rings. The van der Waals surface area contributed by atoms with Crippen molar-refractivity contribution in [2.75, 3.05) is 13.2 Å². The number of carboxylic acid groups (broad SMARTS) is 1. The number of imidazole rings is 1. The van der Waals surface area contributed by atoms with Crippen molar-refractivity contribution < 1.29 is 27.8 Å². The Bertz CT molecular complexity index is 485. The molecule has 0 spiro atoms. The maximum atomic E-state index is 11.9. The van der Waals surface area contributed by atoms with E-state index in [0.29, 0.717) is 25.1 Å². The van der Waals surface area contributed by atoms with E-state index in [9.17, 15) is 18.0 Å². The molecule has 0 aliphatic heterocycles. The zero-order valence-corrected chi connectivity index (χ0v) is 10.7. The highest BCUT2D eigenvalue weighted by Gasteiger charge is 2.28. The van der Waals surface area contributed by atoms with E-state index in [1.807, 2.05) is 0 Å². The minimum absolute atomic E-state index is 0.0751. The van der Waals surface area contributed by atoms with E-state index in [1.54, 1.807) is 0 Å². The van der Waals surface area contributed by atoms with Gasteiger partial charge in [0.2, 0.25) is 0 Å². The SMILES string of the molecule is O=C(O)C1CCc2nc(CCOCC(F)(F)F)[nH]c2C1. The van der Waals surface area contributed by atoms with E-state index in [2.05, 4.69) is 14.7 Å². The highest BCUT2D eigenvalue weighted by Crippen LogP contribution is 2.24. The largest absolute Gasteiger partial charge is 0.481 e. The lowest BCUT2D eigenvalue weighted by molar-refractivity contribution is -0.173. The first-order valence-corrected chi connectivity index (χ1v) is 6.29. The molecule has 112 valence electrons. The molecular weight excluding hydrogens is 277 g/mol. The average Bonchev–Trinajstić information content (AvgIpc) is 2.75. The molecule has 1 aliphatic carbocycles. The monoisotopic (exact) mass is 292 g/mol. The summed E-state index contributed by atoms with van der Waals surface area (Å²) in [4.78, 5) is 18.2. The van der Waals surface area contributed by atoms with Crippen molar-refractivity contribution in [1.29, 1.82) is 0 Å². The number of aromatic nitrogens is 2. The Morgan fingerprint density at radius 3 is 2.90 bits per heavy atom. The van der Waals surface area contributed by atoms with Crippen LogP contribution in [0.25, 0.3) is 0 Å². The van der Waals surface area contributed by atoms with Crippen molar-refractivity contribution in [3.05, 3.63) is 17.2 Å². The van der Waals surface area contributed by atoms with Gasteiger partial charge in [-0.15, -0.1) is 0 Å². The molecule has 0 aromatic carbocycles. The lowest BCUT2D eigenvalue weighted by Gasteiger charge is -2.16. The molecule has 2 N–H and O–H groups in total. The Kier molecular flexibility index (Phi) is 4.32. The van der Waals surface area contributed by atoms with Crippen molar-refractivity contribution in [2.24, 2.45) is 5.92 Å². The van der Waals surface area contributed by atoms with Crippen molar-refractivity contribution in [1.82, 2.24) is 9.97 Å². The first kappa shape index (κ1) is 14.8. The van der Waals surface area contributed by atoms with Gasteiger partial charge in [-0.2, -0.15) is 13.2 Å². The number of aliphatic carboxylic acids is 1. The fraction of sp³-hybridized carbons (Fsp3) is 0.667. The Balaban J connectivity index is 1.85. The van der Waals surface area contributed by atoms with Crippen LogP contribution >= 0.6 is 0 Å². The Hall–Kier alpha value is -1.57. The lowest BCUT2D eigenvalue weighted by Crippen LogP contribution is -2.22. The van der Waals surface area contributed by atoms with Gasteiger partial charge in [-0.1, -0.05) is 0 Å². The zero-order chi connectivity index (χ0) is 14.8. The van der Waals surface area contributed by atoms with Gasteiger partial charge < -0.3 is 14.8 Å². The smallest absolute Gasteiger partial charge is 0.411 e. The van der Waals surface area contributed by atoms with Gasteiger partial charge in [-0.3, -0.25) is 4.79 Å². The van der Waals surface area contributed by atoms with E-state index in [0.717, 1.165) is 11.4 Å². The predicted octanol–water partition coefficient (Wildman–Crippen LogP) is 1.72. The second-order valence-corrected chi connectivity index (χ2v) is 4.80. The molecule has 5 nitrogen and oxygen atoms in total. The highest BCUT2D eigenvalue weighted by atomic mass is 19.4. The maximum absolute atomic E-state index is 11.9. The van der Waals surface area contributed by atoms with Crippen LogP contribution in [-0.4, -0.2) is 40.4 Å². The number of H-pyrrole nitrogens is 1. The zero-order valence-electron chi connectivity index (χ0n) is 10.7. The van der Waals surface area contributed by atoms with Gasteiger partial charge in [0.05, 0.1) is 18.2 Å². The van der Waals surface area contributed by atoms with Crippen LogP contribution in [0.3, 0.4) is 0 Å². The number of halogens is 3. The van der Waals surface area contributed by atoms with Crippen molar-refractivity contribution in [2.45, 2.75) is 31.9 Å². The van der Waals surface area contributed by atoms with Crippen LogP contribution in [0, 0.1) is 5.92 Å². The predicted molar refractivity (Wildman–Crippen MR) is 62.3 cm³/mol. The summed E-state index contributed by atoms with van der Waals surface area (Å²) >= 11 is 0. The van der Waals surface area contributed by atoms with Crippen LogP contribution in [0.2, 0.25) is 0 Å². The lowest BCUT2D eigenvalue weighted by atomic mass is 9.90. The number of hydrogen-bond acceptors (Lipinski definition) is 3. The molecule has 2 rings (SSSR count). The van der Waals surface area contributed by atoms with E-state index < -0.39 is 24.7 Å². The molecule has 0 saturated carbocycles. The number of carbonyl (C=O) groups is 1. The van der Waals surface area contributed by atoms with Crippen LogP contribution in [0.15, 0.2) is 0 Å². The number of ether oxygens (including phenoxy) is 1. The Morgan fingerprint density at radius 2 is 2.25 bits per heavy atom. The Morgan fingerprint density at radius 1 is 1.50 bits per heavy atom. The van der Waals surface area contributed by atoms with Gasteiger partial charge in [-0.25, -0.2) is 4.98 Å². The molecule has 0 saturated heterocycles. The standard InChI is InChI=1S/C12H15F3N2O3/c13-12(14,15)6-20-4-3-10-16-8-2-1-7(11(18)19)5-9(8)17-10/h7H,1-6H2,(H,16,17)(H,18,19). The van der Waals surface area contributed by atoms with Gasteiger partial charge in [0.1, 0.15) is 12.4 Å². The number of nitrogens with zero attached hydrogens (tertiary/aromatic N) is 1. The molecule has 1 heterocycles. The topological polar surface area (TPSA) is 75.2 Å². The summed E-state index contributed by atoms with van der Waals surface area (Å²) in [6.07, 6.45) is -2.57. The van der Waals surface area contributed by atoms with Gasteiger partial charge in [-0.05, 0) is 12.8 Å². The number of aromatic amines is 1. The summed E-state index contributed by atoms with van der Waals surface area (Å²) in [6, 6.07) is 0. The highest BCUT2D eigenvalue weighted by molar-refractivity contribution is 5.70. The third-order valence-corrected chi connectivity index (χ3v) is 3.19. The Labute approximate surface area is 113 Å². The molecule has 0 fully saturated rings. The average molecular weight is 292 g/mol. The molecule has 1 atom stereocenters. The number of rotatable bonds is 5. The minimum Gasteiger partial charge on any atom is -0.481 e. The third kappa shape index (κ3) is 3.96. The summed E-state index contributed by atoms with van der Waals surface area (Å²) in [5, 5.41) is 8.96. The first-order chi connectivity index (χ1) is 9.35.